The molecule has 2 heterocycles. The molecule has 0 radical (unpaired) electrons. The van der Waals surface area contributed by atoms with E-state index < -0.39 is 0 Å². The molecule has 0 spiro atoms. The average molecular weight is 484 g/mol. The van der Waals surface area contributed by atoms with Gasteiger partial charge in [0.15, 0.2) is 0 Å². The third kappa shape index (κ3) is 6.44. The van der Waals surface area contributed by atoms with Crippen LogP contribution in [0.5, 0.6) is 5.75 Å². The molecular weight excluding hydrogens is 450 g/mol. The highest BCUT2D eigenvalue weighted by atomic mass is 35.5. The van der Waals surface area contributed by atoms with E-state index >= 15 is 0 Å². The van der Waals surface area contributed by atoms with Crippen molar-refractivity contribution in [1.82, 2.24) is 14.9 Å². The van der Waals surface area contributed by atoms with Crippen molar-refractivity contribution >= 4 is 28.7 Å². The van der Waals surface area contributed by atoms with E-state index in [4.69, 9.17) is 26.1 Å². The van der Waals surface area contributed by atoms with E-state index in [1.165, 1.54) is 12.0 Å². The molecule has 1 N–H and O–H groups in total. The van der Waals surface area contributed by atoms with Crippen molar-refractivity contribution in [1.29, 1.82) is 0 Å². The number of nitrogens with one attached hydrogen (secondary N) is 1. The summed E-state index contributed by atoms with van der Waals surface area (Å²) in [6, 6.07) is 13.9. The van der Waals surface area contributed by atoms with Crippen LogP contribution >= 0.6 is 11.6 Å². The number of ether oxygens (including phenoxy) is 2. The fourth-order valence-corrected chi connectivity index (χ4v) is 4.68. The Bertz CT molecular complexity index is 1070. The second-order valence-electron chi connectivity index (χ2n) is 8.94. The number of unbranched alkanes of at least 4 members (excludes halogenated alkanes) is 1. The SMILES string of the molecule is CCCCOC(=O)N1CCCCC1CCCc1cccc2[nH]c(COc3ccc(Cl)cc3)nc12. The van der Waals surface area contributed by atoms with E-state index in [0.717, 1.165) is 74.1 Å². The number of rotatable bonds is 10. The van der Waals surface area contributed by atoms with Crippen molar-refractivity contribution in [3.63, 3.8) is 0 Å². The average Bonchev–Trinajstić information content (AvgIpc) is 3.28. The van der Waals surface area contributed by atoms with Crippen LogP contribution in [-0.4, -0.2) is 40.2 Å². The Balaban J connectivity index is 1.33. The van der Waals surface area contributed by atoms with Crippen LogP contribution in [0.4, 0.5) is 4.79 Å². The predicted molar refractivity (Wildman–Crippen MR) is 135 cm³/mol. The van der Waals surface area contributed by atoms with Crippen LogP contribution in [0, 0.1) is 0 Å². The van der Waals surface area contributed by atoms with E-state index in [1.807, 2.05) is 35.2 Å². The van der Waals surface area contributed by atoms with Gasteiger partial charge in [-0.25, -0.2) is 9.78 Å². The molecule has 1 fully saturated rings. The van der Waals surface area contributed by atoms with Gasteiger partial charge in [0.05, 0.1) is 17.6 Å². The number of hydrogen-bond acceptors (Lipinski definition) is 4. The number of halogens is 1. The zero-order valence-corrected chi connectivity index (χ0v) is 20.7. The van der Waals surface area contributed by atoms with Crippen molar-refractivity contribution in [3.8, 4) is 5.75 Å². The Labute approximate surface area is 206 Å². The number of piperidine rings is 1. The summed E-state index contributed by atoms with van der Waals surface area (Å²) in [6.45, 7) is 3.80. The molecule has 0 aliphatic carbocycles. The lowest BCUT2D eigenvalue weighted by molar-refractivity contribution is 0.0696. The highest BCUT2D eigenvalue weighted by molar-refractivity contribution is 6.30. The van der Waals surface area contributed by atoms with Gasteiger partial charge in [-0.15, -0.1) is 0 Å². The predicted octanol–water partition coefficient (Wildman–Crippen LogP) is 6.91. The number of para-hydroxylation sites is 1. The Hall–Kier alpha value is -2.73. The maximum absolute atomic E-state index is 12.5. The van der Waals surface area contributed by atoms with E-state index in [0.29, 0.717) is 18.2 Å². The number of benzene rings is 2. The molecule has 1 atom stereocenters. The number of nitrogens with zero attached hydrogens (tertiary/aromatic N) is 2. The lowest BCUT2D eigenvalue weighted by Gasteiger charge is -2.35. The molecule has 7 heteroatoms. The number of aromatic amines is 1. The summed E-state index contributed by atoms with van der Waals surface area (Å²) in [5.41, 5.74) is 3.24. The minimum atomic E-state index is -0.141. The number of amides is 1. The van der Waals surface area contributed by atoms with Crippen molar-refractivity contribution in [3.05, 3.63) is 58.9 Å². The highest BCUT2D eigenvalue weighted by Gasteiger charge is 2.27. The molecular formula is C27H34ClN3O3. The van der Waals surface area contributed by atoms with Gasteiger partial charge < -0.3 is 19.4 Å². The highest BCUT2D eigenvalue weighted by Crippen LogP contribution is 2.25. The number of imidazole rings is 1. The van der Waals surface area contributed by atoms with Crippen LogP contribution in [0.3, 0.4) is 0 Å². The first-order valence-electron chi connectivity index (χ1n) is 12.4. The van der Waals surface area contributed by atoms with Crippen LogP contribution in [0.1, 0.15) is 63.3 Å². The summed E-state index contributed by atoms with van der Waals surface area (Å²) in [7, 11) is 0. The van der Waals surface area contributed by atoms with Crippen LogP contribution in [-0.2, 0) is 17.8 Å². The summed E-state index contributed by atoms with van der Waals surface area (Å²) < 4.78 is 11.3. The van der Waals surface area contributed by atoms with Gasteiger partial charge in [0.25, 0.3) is 0 Å². The molecule has 34 heavy (non-hydrogen) atoms. The quantitative estimate of drug-likeness (QED) is 0.318. The number of carbonyl (C=O) groups excluding carboxylic acids is 1. The van der Waals surface area contributed by atoms with Gasteiger partial charge in [-0.2, -0.15) is 0 Å². The van der Waals surface area contributed by atoms with E-state index in [-0.39, 0.29) is 12.1 Å². The third-order valence-corrected chi connectivity index (χ3v) is 6.66. The van der Waals surface area contributed by atoms with Gasteiger partial charge in [0.1, 0.15) is 18.2 Å². The molecule has 6 nitrogen and oxygen atoms in total. The monoisotopic (exact) mass is 483 g/mol. The van der Waals surface area contributed by atoms with E-state index in [2.05, 4.69) is 24.0 Å². The Morgan fingerprint density at radius 2 is 2.03 bits per heavy atom. The van der Waals surface area contributed by atoms with Gasteiger partial charge in [0.2, 0.25) is 0 Å². The first-order chi connectivity index (χ1) is 16.6. The number of H-pyrrole nitrogens is 1. The normalized spacial score (nSPS) is 16.1. The first kappa shape index (κ1) is 24.4. The smallest absolute Gasteiger partial charge is 0.410 e. The number of fused-ring (bicyclic) bond motifs is 1. The summed E-state index contributed by atoms with van der Waals surface area (Å²) >= 11 is 5.94. The lowest BCUT2D eigenvalue weighted by Crippen LogP contribution is -2.44. The van der Waals surface area contributed by atoms with Gasteiger partial charge in [-0.1, -0.05) is 37.1 Å². The second-order valence-corrected chi connectivity index (χ2v) is 9.38. The van der Waals surface area contributed by atoms with Crippen molar-refractivity contribution in [2.45, 2.75) is 70.9 Å². The van der Waals surface area contributed by atoms with Gasteiger partial charge >= 0.3 is 6.09 Å². The minimum Gasteiger partial charge on any atom is -0.486 e. The molecule has 0 saturated carbocycles. The number of carbonyl (C=O) groups is 1. The fraction of sp³-hybridized carbons (Fsp3) is 0.481. The van der Waals surface area contributed by atoms with Crippen LogP contribution < -0.4 is 4.74 Å². The fourth-order valence-electron chi connectivity index (χ4n) is 4.55. The third-order valence-electron chi connectivity index (χ3n) is 6.40. The Morgan fingerprint density at radius 3 is 2.85 bits per heavy atom. The van der Waals surface area contributed by atoms with Crippen LogP contribution in [0.2, 0.25) is 5.02 Å². The molecule has 1 aromatic heterocycles. The van der Waals surface area contributed by atoms with E-state index in [9.17, 15) is 4.79 Å². The minimum absolute atomic E-state index is 0.141. The molecule has 0 bridgehead atoms. The molecule has 3 aromatic rings. The van der Waals surface area contributed by atoms with Gasteiger partial charge in [-0.05, 0) is 80.8 Å². The molecule has 1 saturated heterocycles. The molecule has 182 valence electrons. The molecule has 2 aromatic carbocycles. The topological polar surface area (TPSA) is 67.5 Å². The largest absolute Gasteiger partial charge is 0.486 e. The lowest BCUT2D eigenvalue weighted by atomic mass is 9.96. The van der Waals surface area contributed by atoms with Crippen molar-refractivity contribution < 1.29 is 14.3 Å². The van der Waals surface area contributed by atoms with Crippen LogP contribution in [0.25, 0.3) is 11.0 Å². The van der Waals surface area contributed by atoms with Crippen molar-refractivity contribution in [2.75, 3.05) is 13.2 Å². The molecule has 1 aliphatic rings. The molecule has 1 aliphatic heterocycles. The number of hydrogen-bond donors (Lipinski definition) is 1. The van der Waals surface area contributed by atoms with Gasteiger partial charge in [-0.3, -0.25) is 0 Å². The van der Waals surface area contributed by atoms with E-state index in [1.54, 1.807) is 0 Å². The summed E-state index contributed by atoms with van der Waals surface area (Å²) in [5.74, 6) is 1.56. The summed E-state index contributed by atoms with van der Waals surface area (Å²) in [5, 5.41) is 0.686. The Kier molecular flexibility index (Phi) is 8.69. The zero-order chi connectivity index (χ0) is 23.8. The maximum Gasteiger partial charge on any atom is 0.410 e. The number of aryl methyl sites for hydroxylation is 1. The molecule has 4 rings (SSSR count). The zero-order valence-electron chi connectivity index (χ0n) is 19.9. The molecule has 1 amide bonds. The Morgan fingerprint density at radius 1 is 1.18 bits per heavy atom. The summed E-state index contributed by atoms with van der Waals surface area (Å²) in [6.07, 6.45) is 8.02. The summed E-state index contributed by atoms with van der Waals surface area (Å²) in [4.78, 5) is 22.7. The maximum atomic E-state index is 12.5. The first-order valence-corrected chi connectivity index (χ1v) is 12.8. The van der Waals surface area contributed by atoms with Gasteiger partial charge in [0, 0.05) is 17.6 Å². The van der Waals surface area contributed by atoms with Crippen molar-refractivity contribution in [2.24, 2.45) is 0 Å². The van der Waals surface area contributed by atoms with Crippen LogP contribution in [0.15, 0.2) is 42.5 Å². The molecule has 1 unspecified atom stereocenters. The standard InChI is InChI=1S/C27H34ClN3O3/c1-2-3-18-33-27(32)31-17-5-4-10-22(31)11-6-8-20-9-7-12-24-26(20)30-25(29-24)19-34-23-15-13-21(28)14-16-23/h7,9,12-16,22H,2-6,8,10-11,17-19H2,1H3,(H,29,30). The second kappa shape index (κ2) is 12.1. The number of likely N-dealkylation sites (tertiary alicyclic amines) is 1. The number of aromatic nitrogens is 2.